The van der Waals surface area contributed by atoms with Crippen molar-refractivity contribution in [2.45, 2.75) is 19.1 Å². The molecule has 4 rings (SSSR count). The molecule has 0 spiro atoms. The molecule has 1 saturated heterocycles. The highest BCUT2D eigenvalue weighted by atomic mass is 127. The van der Waals surface area contributed by atoms with Gasteiger partial charge in [0.1, 0.15) is 15.6 Å². The number of thiophene rings is 1. The van der Waals surface area contributed by atoms with Gasteiger partial charge in [-0.3, -0.25) is 4.79 Å². The van der Waals surface area contributed by atoms with Gasteiger partial charge in [0.05, 0.1) is 23.4 Å². The van der Waals surface area contributed by atoms with E-state index in [1.165, 1.54) is 22.3 Å². The third-order valence-electron chi connectivity index (χ3n) is 5.09. The molecule has 2 aromatic heterocycles. The SMILES string of the molecule is CCNC(=O)NC1CN(C(=O)c2c(Nc3ccc(I)cc3F)sc3ncccc23)CC1O. The Labute approximate surface area is 201 Å². The summed E-state index contributed by atoms with van der Waals surface area (Å²) in [5.41, 5.74) is 0.616. The molecule has 3 heterocycles. The van der Waals surface area contributed by atoms with E-state index in [1.807, 2.05) is 22.6 Å². The predicted octanol–water partition coefficient (Wildman–Crippen LogP) is 3.29. The van der Waals surface area contributed by atoms with Gasteiger partial charge in [0, 0.05) is 34.8 Å². The third kappa shape index (κ3) is 4.64. The maximum atomic E-state index is 14.5. The number of carbonyl (C=O) groups excluding carboxylic acids is 2. The number of carbonyl (C=O) groups is 2. The minimum absolute atomic E-state index is 0.0742. The van der Waals surface area contributed by atoms with E-state index >= 15 is 0 Å². The molecular weight excluding hydrogens is 548 g/mol. The highest BCUT2D eigenvalue weighted by Crippen LogP contribution is 2.38. The quantitative estimate of drug-likeness (QED) is 0.353. The molecular formula is C21H21FIN5O3S. The first-order valence-corrected chi connectivity index (χ1v) is 11.9. The zero-order valence-electron chi connectivity index (χ0n) is 17.1. The van der Waals surface area contributed by atoms with Gasteiger partial charge in [0.2, 0.25) is 0 Å². The Hall–Kier alpha value is -2.51. The van der Waals surface area contributed by atoms with Crippen molar-refractivity contribution < 1.29 is 19.1 Å². The lowest BCUT2D eigenvalue weighted by molar-refractivity contribution is 0.0768. The van der Waals surface area contributed by atoms with Gasteiger partial charge in [-0.1, -0.05) is 11.3 Å². The number of hydrogen-bond donors (Lipinski definition) is 4. The summed E-state index contributed by atoms with van der Waals surface area (Å²) in [6, 6.07) is 7.34. The van der Waals surface area contributed by atoms with Crippen molar-refractivity contribution in [3.05, 3.63) is 51.5 Å². The summed E-state index contributed by atoms with van der Waals surface area (Å²) >= 11 is 3.29. The van der Waals surface area contributed by atoms with Crippen LogP contribution in [0, 0.1) is 9.39 Å². The molecule has 0 bridgehead atoms. The smallest absolute Gasteiger partial charge is 0.315 e. The molecule has 3 aromatic rings. The number of pyridine rings is 1. The first-order chi connectivity index (χ1) is 15.4. The van der Waals surface area contributed by atoms with Crippen LogP contribution in [0.3, 0.4) is 0 Å². The first-order valence-electron chi connectivity index (χ1n) is 9.98. The van der Waals surface area contributed by atoms with E-state index < -0.39 is 24.0 Å². The standard InChI is InChI=1S/C21H21FIN5O3S/c1-2-24-21(31)27-15-9-28(10-16(15)29)20(30)17-12-4-3-7-25-18(12)32-19(17)26-14-6-5-11(23)8-13(14)22/h3-8,15-16,26,29H,2,9-10H2,1H3,(H2,24,27,31). The largest absolute Gasteiger partial charge is 0.389 e. The minimum atomic E-state index is -0.894. The normalized spacial score (nSPS) is 18.1. The lowest BCUT2D eigenvalue weighted by Gasteiger charge is -2.18. The average Bonchev–Trinajstić information content (AvgIpc) is 3.30. The number of rotatable bonds is 5. The Bertz CT molecular complexity index is 1170. The third-order valence-corrected chi connectivity index (χ3v) is 6.79. The van der Waals surface area contributed by atoms with Crippen molar-refractivity contribution in [3.8, 4) is 0 Å². The topological polar surface area (TPSA) is 107 Å². The molecule has 2 unspecified atom stereocenters. The summed E-state index contributed by atoms with van der Waals surface area (Å²) in [7, 11) is 0. The van der Waals surface area contributed by atoms with Crippen LogP contribution < -0.4 is 16.0 Å². The van der Waals surface area contributed by atoms with Crippen molar-refractivity contribution in [1.29, 1.82) is 0 Å². The fourth-order valence-corrected chi connectivity index (χ4v) is 5.08. The summed E-state index contributed by atoms with van der Waals surface area (Å²) in [6.45, 7) is 2.48. The number of likely N-dealkylation sites (tertiary alicyclic amines) is 1. The maximum absolute atomic E-state index is 14.5. The maximum Gasteiger partial charge on any atom is 0.315 e. The van der Waals surface area contributed by atoms with Gasteiger partial charge in [-0.25, -0.2) is 14.2 Å². The molecule has 0 saturated carbocycles. The summed E-state index contributed by atoms with van der Waals surface area (Å²) < 4.78 is 15.2. The van der Waals surface area contributed by atoms with Crippen molar-refractivity contribution in [2.75, 3.05) is 25.0 Å². The number of nitrogens with one attached hydrogen (secondary N) is 3. The molecule has 1 aliphatic heterocycles. The Kier molecular flexibility index (Phi) is 6.76. The van der Waals surface area contributed by atoms with Crippen LogP contribution in [0.1, 0.15) is 17.3 Å². The van der Waals surface area contributed by atoms with Crippen LogP contribution in [0.15, 0.2) is 36.5 Å². The van der Waals surface area contributed by atoms with Crippen LogP contribution in [-0.2, 0) is 0 Å². The number of urea groups is 1. The van der Waals surface area contributed by atoms with Gasteiger partial charge < -0.3 is 26.0 Å². The zero-order valence-corrected chi connectivity index (χ0v) is 20.0. The van der Waals surface area contributed by atoms with Crippen LogP contribution in [0.25, 0.3) is 10.2 Å². The van der Waals surface area contributed by atoms with Gasteiger partial charge in [-0.2, -0.15) is 0 Å². The molecule has 1 fully saturated rings. The second kappa shape index (κ2) is 9.55. The van der Waals surface area contributed by atoms with Crippen LogP contribution in [0.2, 0.25) is 0 Å². The summed E-state index contributed by atoms with van der Waals surface area (Å²) in [5.74, 6) is -0.750. The highest BCUT2D eigenvalue weighted by Gasteiger charge is 2.37. The second-order valence-corrected chi connectivity index (χ2v) is 9.54. The zero-order chi connectivity index (χ0) is 22.8. The lowest BCUT2D eigenvalue weighted by atomic mass is 10.1. The number of aliphatic hydroxyl groups is 1. The van der Waals surface area contributed by atoms with Gasteiger partial charge in [-0.15, -0.1) is 0 Å². The number of aliphatic hydroxyl groups excluding tert-OH is 1. The summed E-state index contributed by atoms with van der Waals surface area (Å²) in [4.78, 5) is 31.8. The molecule has 1 aliphatic rings. The van der Waals surface area contributed by atoms with Crippen molar-refractivity contribution in [3.63, 3.8) is 0 Å². The fraction of sp³-hybridized carbons (Fsp3) is 0.286. The molecule has 4 N–H and O–H groups in total. The van der Waals surface area contributed by atoms with Crippen molar-refractivity contribution in [2.24, 2.45) is 0 Å². The first kappa shape index (κ1) is 22.7. The van der Waals surface area contributed by atoms with E-state index in [-0.39, 0.29) is 24.7 Å². The van der Waals surface area contributed by atoms with E-state index in [9.17, 15) is 19.1 Å². The molecule has 32 heavy (non-hydrogen) atoms. The van der Waals surface area contributed by atoms with E-state index in [2.05, 4.69) is 20.9 Å². The Morgan fingerprint density at radius 3 is 2.91 bits per heavy atom. The minimum Gasteiger partial charge on any atom is -0.389 e. The fourth-order valence-electron chi connectivity index (χ4n) is 3.58. The van der Waals surface area contributed by atoms with Crippen LogP contribution >= 0.6 is 33.9 Å². The van der Waals surface area contributed by atoms with E-state index in [4.69, 9.17) is 0 Å². The number of nitrogens with zero attached hydrogens (tertiary/aromatic N) is 2. The number of β-amino-alcohol motifs (C(OH)–C–C–N with tert-alkyl or cyclic N) is 1. The monoisotopic (exact) mass is 569 g/mol. The highest BCUT2D eigenvalue weighted by molar-refractivity contribution is 14.1. The molecule has 8 nitrogen and oxygen atoms in total. The number of aromatic nitrogens is 1. The number of halogens is 2. The van der Waals surface area contributed by atoms with Crippen molar-refractivity contribution in [1.82, 2.24) is 20.5 Å². The molecule has 1 aromatic carbocycles. The van der Waals surface area contributed by atoms with Gasteiger partial charge in [0.15, 0.2) is 0 Å². The second-order valence-electron chi connectivity index (χ2n) is 7.30. The van der Waals surface area contributed by atoms with Crippen LogP contribution in [0.4, 0.5) is 19.9 Å². The number of amides is 3. The Balaban J connectivity index is 1.64. The van der Waals surface area contributed by atoms with Gasteiger partial charge in [-0.05, 0) is 59.8 Å². The van der Waals surface area contributed by atoms with Gasteiger partial charge in [0.25, 0.3) is 5.91 Å². The number of fused-ring (bicyclic) bond motifs is 1. The predicted molar refractivity (Wildman–Crippen MR) is 130 cm³/mol. The molecule has 168 valence electrons. The Morgan fingerprint density at radius 2 is 2.16 bits per heavy atom. The van der Waals surface area contributed by atoms with Crippen LogP contribution in [-0.4, -0.2) is 58.7 Å². The van der Waals surface area contributed by atoms with E-state index in [0.29, 0.717) is 27.3 Å². The van der Waals surface area contributed by atoms with Crippen LogP contribution in [0.5, 0.6) is 0 Å². The number of anilines is 2. The molecule has 11 heteroatoms. The Morgan fingerprint density at radius 1 is 1.34 bits per heavy atom. The average molecular weight is 569 g/mol. The summed E-state index contributed by atoms with van der Waals surface area (Å²) in [6.07, 6.45) is 0.739. The molecule has 0 aliphatic carbocycles. The molecule has 3 amide bonds. The van der Waals surface area contributed by atoms with E-state index in [1.54, 1.807) is 37.4 Å². The molecule has 2 atom stereocenters. The van der Waals surface area contributed by atoms with E-state index in [0.717, 1.165) is 3.57 Å². The molecule has 0 radical (unpaired) electrons. The van der Waals surface area contributed by atoms with Gasteiger partial charge >= 0.3 is 6.03 Å². The lowest BCUT2D eigenvalue weighted by Crippen LogP contribution is -2.47. The number of benzene rings is 1. The summed E-state index contributed by atoms with van der Waals surface area (Å²) in [5, 5.41) is 19.9. The number of hydrogen-bond acceptors (Lipinski definition) is 6. The van der Waals surface area contributed by atoms with Crippen molar-refractivity contribution >= 4 is 66.8 Å².